The lowest BCUT2D eigenvalue weighted by Gasteiger charge is -2.36. The standard InChI is InChI=1S/C22H32N4O3/c27-21(26-10-3-5-19-4-1-2-6-20(19)26)16-24-11-13-25(14-12-24)22(28)23-9-15-29-17-18-7-8-18/h1-2,4,6,18H,3,5,7-17H2,(H,23,28). The normalized spacial score (nSPS) is 19.7. The van der Waals surface area contributed by atoms with Crippen LogP contribution in [0.1, 0.15) is 24.8 Å². The van der Waals surface area contributed by atoms with Crippen molar-refractivity contribution in [2.45, 2.75) is 25.7 Å². The minimum atomic E-state index is -0.0315. The molecule has 1 aliphatic carbocycles. The average molecular weight is 401 g/mol. The van der Waals surface area contributed by atoms with Crippen molar-refractivity contribution in [3.05, 3.63) is 29.8 Å². The van der Waals surface area contributed by atoms with Gasteiger partial charge in [-0.05, 0) is 43.2 Å². The number of benzene rings is 1. The molecule has 0 radical (unpaired) electrons. The molecule has 2 aliphatic heterocycles. The van der Waals surface area contributed by atoms with E-state index in [-0.39, 0.29) is 11.9 Å². The van der Waals surface area contributed by atoms with Crippen LogP contribution < -0.4 is 10.2 Å². The zero-order valence-electron chi connectivity index (χ0n) is 17.1. The maximum absolute atomic E-state index is 12.9. The van der Waals surface area contributed by atoms with Crippen LogP contribution in [0.5, 0.6) is 0 Å². The van der Waals surface area contributed by atoms with Crippen molar-refractivity contribution in [1.29, 1.82) is 0 Å². The Kier molecular flexibility index (Phi) is 6.67. The van der Waals surface area contributed by atoms with Gasteiger partial charge in [-0.15, -0.1) is 0 Å². The Bertz CT molecular complexity index is 714. The molecule has 1 N–H and O–H groups in total. The number of carbonyl (C=O) groups is 2. The number of nitrogens with one attached hydrogen (secondary N) is 1. The van der Waals surface area contributed by atoms with Crippen LogP contribution in [0, 0.1) is 5.92 Å². The molecule has 0 aromatic heterocycles. The van der Waals surface area contributed by atoms with E-state index >= 15 is 0 Å². The number of fused-ring (bicyclic) bond motifs is 1. The number of hydrogen-bond acceptors (Lipinski definition) is 4. The summed E-state index contributed by atoms with van der Waals surface area (Å²) < 4.78 is 5.56. The number of rotatable bonds is 7. The van der Waals surface area contributed by atoms with Crippen LogP contribution in [-0.4, -0.2) is 80.8 Å². The van der Waals surface area contributed by atoms with Gasteiger partial charge in [0.25, 0.3) is 0 Å². The van der Waals surface area contributed by atoms with Crippen LogP contribution in [0.3, 0.4) is 0 Å². The lowest BCUT2D eigenvalue weighted by atomic mass is 10.0. The zero-order valence-corrected chi connectivity index (χ0v) is 17.1. The monoisotopic (exact) mass is 400 g/mol. The third-order valence-electron chi connectivity index (χ3n) is 6.00. The number of para-hydroxylation sites is 1. The van der Waals surface area contributed by atoms with E-state index in [0.29, 0.717) is 32.8 Å². The van der Waals surface area contributed by atoms with Crippen molar-refractivity contribution in [2.24, 2.45) is 5.92 Å². The SMILES string of the molecule is O=C(NCCOCC1CC1)N1CCN(CC(=O)N2CCCc3ccccc32)CC1. The first kappa shape index (κ1) is 20.2. The van der Waals surface area contributed by atoms with Crippen molar-refractivity contribution >= 4 is 17.6 Å². The second-order valence-electron chi connectivity index (χ2n) is 8.29. The Labute approximate surface area is 173 Å². The van der Waals surface area contributed by atoms with Crippen LogP contribution in [0.2, 0.25) is 0 Å². The molecule has 0 spiro atoms. The van der Waals surface area contributed by atoms with Gasteiger partial charge in [-0.25, -0.2) is 4.79 Å². The molecule has 2 fully saturated rings. The number of amides is 3. The summed E-state index contributed by atoms with van der Waals surface area (Å²) in [5, 5.41) is 2.93. The average Bonchev–Trinajstić information content (AvgIpc) is 3.58. The van der Waals surface area contributed by atoms with Gasteiger partial charge in [0.2, 0.25) is 5.91 Å². The molecule has 7 heteroatoms. The first-order chi connectivity index (χ1) is 14.2. The molecule has 3 amide bonds. The molecule has 3 aliphatic rings. The van der Waals surface area contributed by atoms with E-state index in [9.17, 15) is 9.59 Å². The minimum absolute atomic E-state index is 0.0315. The molecule has 4 rings (SSSR count). The van der Waals surface area contributed by atoms with Gasteiger partial charge >= 0.3 is 6.03 Å². The van der Waals surface area contributed by atoms with Gasteiger partial charge < -0.3 is 19.9 Å². The Morgan fingerprint density at radius 2 is 1.86 bits per heavy atom. The molecule has 1 aromatic carbocycles. The molecule has 1 aromatic rings. The number of anilines is 1. The highest BCUT2D eigenvalue weighted by Crippen LogP contribution is 2.28. The van der Waals surface area contributed by atoms with Gasteiger partial charge in [-0.2, -0.15) is 0 Å². The third-order valence-corrected chi connectivity index (χ3v) is 6.00. The van der Waals surface area contributed by atoms with E-state index < -0.39 is 0 Å². The lowest BCUT2D eigenvalue weighted by molar-refractivity contribution is -0.120. The van der Waals surface area contributed by atoms with Crippen molar-refractivity contribution in [3.63, 3.8) is 0 Å². The summed E-state index contributed by atoms with van der Waals surface area (Å²) >= 11 is 0. The predicted molar refractivity (Wildman–Crippen MR) is 112 cm³/mol. The highest BCUT2D eigenvalue weighted by atomic mass is 16.5. The molecule has 0 unspecified atom stereocenters. The minimum Gasteiger partial charge on any atom is -0.379 e. The predicted octanol–water partition coefficient (Wildman–Crippen LogP) is 1.72. The fourth-order valence-electron chi connectivity index (χ4n) is 4.05. The van der Waals surface area contributed by atoms with Crippen LogP contribution in [0.4, 0.5) is 10.5 Å². The Morgan fingerprint density at radius 3 is 2.66 bits per heavy atom. The quantitative estimate of drug-likeness (QED) is 0.708. The van der Waals surface area contributed by atoms with E-state index in [1.165, 1.54) is 18.4 Å². The largest absolute Gasteiger partial charge is 0.379 e. The van der Waals surface area contributed by atoms with Gasteiger partial charge in [0.15, 0.2) is 0 Å². The number of hydrogen-bond donors (Lipinski definition) is 1. The second kappa shape index (κ2) is 9.59. The summed E-state index contributed by atoms with van der Waals surface area (Å²) in [4.78, 5) is 31.1. The fraction of sp³-hybridized carbons (Fsp3) is 0.636. The highest BCUT2D eigenvalue weighted by molar-refractivity contribution is 5.96. The first-order valence-electron chi connectivity index (χ1n) is 10.9. The van der Waals surface area contributed by atoms with E-state index in [4.69, 9.17) is 4.74 Å². The van der Waals surface area contributed by atoms with E-state index in [2.05, 4.69) is 16.3 Å². The van der Waals surface area contributed by atoms with Crippen LogP contribution in [0.25, 0.3) is 0 Å². The fourth-order valence-corrected chi connectivity index (χ4v) is 4.05. The molecule has 0 atom stereocenters. The van der Waals surface area contributed by atoms with E-state index in [1.54, 1.807) is 0 Å². The number of urea groups is 1. The van der Waals surface area contributed by atoms with Gasteiger partial charge in [-0.3, -0.25) is 9.69 Å². The van der Waals surface area contributed by atoms with Gasteiger partial charge in [0, 0.05) is 51.6 Å². The Morgan fingerprint density at radius 1 is 1.07 bits per heavy atom. The molecular weight excluding hydrogens is 368 g/mol. The summed E-state index contributed by atoms with van der Waals surface area (Å²) in [5.41, 5.74) is 2.32. The number of piperazine rings is 1. The summed E-state index contributed by atoms with van der Waals surface area (Å²) in [7, 11) is 0. The second-order valence-corrected chi connectivity index (χ2v) is 8.29. The summed E-state index contributed by atoms with van der Waals surface area (Å²) in [6.45, 7) is 5.92. The summed E-state index contributed by atoms with van der Waals surface area (Å²) in [6, 6.07) is 8.16. The first-order valence-corrected chi connectivity index (χ1v) is 10.9. The molecular formula is C22H32N4O3. The van der Waals surface area contributed by atoms with Crippen LogP contribution in [0.15, 0.2) is 24.3 Å². The third kappa shape index (κ3) is 5.48. The number of carbonyl (C=O) groups excluding carboxylic acids is 2. The summed E-state index contributed by atoms with van der Waals surface area (Å²) in [6.07, 6.45) is 4.62. The molecule has 29 heavy (non-hydrogen) atoms. The maximum Gasteiger partial charge on any atom is 0.317 e. The Balaban J connectivity index is 1.17. The highest BCUT2D eigenvalue weighted by Gasteiger charge is 2.27. The lowest BCUT2D eigenvalue weighted by Crippen LogP contribution is -2.54. The van der Waals surface area contributed by atoms with Crippen molar-refractivity contribution in [3.8, 4) is 0 Å². The molecule has 1 saturated heterocycles. The van der Waals surface area contributed by atoms with Gasteiger partial charge in [0.05, 0.1) is 13.2 Å². The van der Waals surface area contributed by atoms with Crippen LogP contribution >= 0.6 is 0 Å². The van der Waals surface area contributed by atoms with Crippen molar-refractivity contribution in [1.82, 2.24) is 15.1 Å². The maximum atomic E-state index is 12.9. The topological polar surface area (TPSA) is 65.1 Å². The van der Waals surface area contributed by atoms with Gasteiger partial charge in [0.1, 0.15) is 0 Å². The van der Waals surface area contributed by atoms with Crippen LogP contribution in [-0.2, 0) is 16.0 Å². The van der Waals surface area contributed by atoms with Crippen molar-refractivity contribution in [2.75, 3.05) is 63.9 Å². The zero-order chi connectivity index (χ0) is 20.1. The molecule has 1 saturated carbocycles. The number of ether oxygens (including phenoxy) is 1. The Hall–Kier alpha value is -2.12. The van der Waals surface area contributed by atoms with Gasteiger partial charge in [-0.1, -0.05) is 18.2 Å². The number of nitrogens with zero attached hydrogens (tertiary/aromatic N) is 3. The molecule has 158 valence electrons. The van der Waals surface area contributed by atoms with E-state index in [0.717, 1.165) is 50.7 Å². The molecule has 2 heterocycles. The molecule has 7 nitrogen and oxygen atoms in total. The molecule has 0 bridgehead atoms. The van der Waals surface area contributed by atoms with E-state index in [1.807, 2.05) is 28.0 Å². The summed E-state index contributed by atoms with van der Waals surface area (Å²) in [5.74, 6) is 0.905. The number of aryl methyl sites for hydroxylation is 1. The smallest absolute Gasteiger partial charge is 0.317 e. The van der Waals surface area contributed by atoms with Crippen molar-refractivity contribution < 1.29 is 14.3 Å².